The molecule has 0 nitrogen and oxygen atoms in total. The van der Waals surface area contributed by atoms with Gasteiger partial charge in [-0.15, -0.1) is 0 Å². The first kappa shape index (κ1) is 9.72. The molecule has 0 saturated heterocycles. The Kier molecular flexibility index (Phi) is 3.45. The van der Waals surface area contributed by atoms with Crippen LogP contribution < -0.4 is 0 Å². The lowest BCUT2D eigenvalue weighted by atomic mass is 9.94. The molecule has 1 fully saturated rings. The van der Waals surface area contributed by atoms with Crippen LogP contribution in [0, 0.1) is 0 Å². The van der Waals surface area contributed by atoms with Crippen LogP contribution in [-0.2, 0) is 0 Å². The second-order valence-electron chi connectivity index (χ2n) is 3.87. The first-order valence-electron chi connectivity index (χ1n) is 5.02. The topological polar surface area (TPSA) is 0 Å². The van der Waals surface area contributed by atoms with E-state index in [2.05, 4.69) is 32.8 Å². The maximum atomic E-state index is 3.77. The van der Waals surface area contributed by atoms with Gasteiger partial charge in [0.15, 0.2) is 0 Å². The van der Waals surface area contributed by atoms with Crippen LogP contribution in [0.3, 0.4) is 0 Å². The SMILES string of the molecule is BrC1CCCCC(c2ccsc2)C1. The second-order valence-corrected chi connectivity index (χ2v) is 5.95. The Bertz CT molecular complexity index is 243. The summed E-state index contributed by atoms with van der Waals surface area (Å²) in [5.41, 5.74) is 1.57. The van der Waals surface area contributed by atoms with E-state index in [0.717, 1.165) is 10.7 Å². The minimum absolute atomic E-state index is 0.750. The molecule has 1 heterocycles. The Balaban J connectivity index is 2.05. The number of alkyl halides is 1. The van der Waals surface area contributed by atoms with Crippen molar-refractivity contribution in [3.8, 4) is 0 Å². The molecule has 1 aromatic heterocycles. The van der Waals surface area contributed by atoms with Gasteiger partial charge in [0.25, 0.3) is 0 Å². The Labute approximate surface area is 92.5 Å². The molecule has 0 aromatic carbocycles. The van der Waals surface area contributed by atoms with Crippen molar-refractivity contribution in [2.24, 2.45) is 0 Å². The molecule has 1 aliphatic rings. The highest BCUT2D eigenvalue weighted by Crippen LogP contribution is 2.35. The molecule has 2 rings (SSSR count). The van der Waals surface area contributed by atoms with Crippen LogP contribution in [0.2, 0.25) is 0 Å². The summed E-state index contributed by atoms with van der Waals surface area (Å²) in [4.78, 5) is 0.750. The molecule has 0 bridgehead atoms. The van der Waals surface area contributed by atoms with Crippen LogP contribution in [-0.4, -0.2) is 4.83 Å². The van der Waals surface area contributed by atoms with Crippen molar-refractivity contribution in [2.75, 3.05) is 0 Å². The molecule has 0 spiro atoms. The van der Waals surface area contributed by atoms with Crippen LogP contribution >= 0.6 is 27.3 Å². The van der Waals surface area contributed by atoms with Gasteiger partial charge < -0.3 is 0 Å². The fourth-order valence-corrected chi connectivity index (χ4v) is 3.63. The van der Waals surface area contributed by atoms with E-state index in [1.807, 2.05) is 11.3 Å². The summed E-state index contributed by atoms with van der Waals surface area (Å²) in [6.45, 7) is 0. The van der Waals surface area contributed by atoms with E-state index in [9.17, 15) is 0 Å². The van der Waals surface area contributed by atoms with E-state index in [1.54, 1.807) is 5.56 Å². The van der Waals surface area contributed by atoms with Crippen LogP contribution in [0.1, 0.15) is 43.6 Å². The van der Waals surface area contributed by atoms with E-state index in [4.69, 9.17) is 0 Å². The first-order valence-corrected chi connectivity index (χ1v) is 6.88. The summed E-state index contributed by atoms with van der Waals surface area (Å²) in [7, 11) is 0. The highest BCUT2D eigenvalue weighted by Gasteiger charge is 2.19. The summed E-state index contributed by atoms with van der Waals surface area (Å²) in [5, 5.41) is 4.51. The lowest BCUT2D eigenvalue weighted by Gasteiger charge is -2.14. The standard InChI is InChI=1S/C11H15BrS/c12-11-4-2-1-3-9(7-11)10-5-6-13-8-10/h5-6,8-9,11H,1-4,7H2. The molecular weight excluding hydrogens is 244 g/mol. The van der Waals surface area contributed by atoms with E-state index in [1.165, 1.54) is 32.1 Å². The molecule has 2 heteroatoms. The van der Waals surface area contributed by atoms with Gasteiger partial charge in [0.1, 0.15) is 0 Å². The molecule has 1 aromatic rings. The first-order chi connectivity index (χ1) is 6.36. The van der Waals surface area contributed by atoms with Gasteiger partial charge in [-0.2, -0.15) is 11.3 Å². The highest BCUT2D eigenvalue weighted by atomic mass is 79.9. The number of hydrogen-bond acceptors (Lipinski definition) is 1. The zero-order valence-corrected chi connectivity index (χ0v) is 10.1. The molecule has 0 amide bonds. The zero-order valence-electron chi connectivity index (χ0n) is 7.71. The lowest BCUT2D eigenvalue weighted by molar-refractivity contribution is 0.601. The van der Waals surface area contributed by atoms with E-state index in [0.29, 0.717) is 0 Å². The molecule has 1 saturated carbocycles. The number of thiophene rings is 1. The molecule has 13 heavy (non-hydrogen) atoms. The van der Waals surface area contributed by atoms with E-state index < -0.39 is 0 Å². The molecule has 2 unspecified atom stereocenters. The molecule has 0 N–H and O–H groups in total. The minimum atomic E-state index is 0.750. The number of rotatable bonds is 1. The normalized spacial score (nSPS) is 29.9. The van der Waals surface area contributed by atoms with Gasteiger partial charge in [-0.25, -0.2) is 0 Å². The average molecular weight is 259 g/mol. The summed E-state index contributed by atoms with van der Waals surface area (Å²) in [6.07, 6.45) is 6.88. The minimum Gasteiger partial charge on any atom is -0.152 e. The highest BCUT2D eigenvalue weighted by molar-refractivity contribution is 9.09. The Hall–Kier alpha value is 0.180. The largest absolute Gasteiger partial charge is 0.152 e. The molecule has 1 aliphatic carbocycles. The average Bonchev–Trinajstić information content (AvgIpc) is 2.56. The number of halogens is 1. The van der Waals surface area contributed by atoms with Gasteiger partial charge in [-0.1, -0.05) is 28.8 Å². The van der Waals surface area contributed by atoms with Crippen molar-refractivity contribution in [3.63, 3.8) is 0 Å². The summed E-state index contributed by atoms with van der Waals surface area (Å²) >= 11 is 5.59. The molecule has 72 valence electrons. The van der Waals surface area contributed by atoms with Crippen LogP contribution in [0.5, 0.6) is 0 Å². The van der Waals surface area contributed by atoms with Crippen molar-refractivity contribution in [1.82, 2.24) is 0 Å². The summed E-state index contributed by atoms with van der Waals surface area (Å²) in [5.74, 6) is 0.818. The quantitative estimate of drug-likeness (QED) is 0.512. The van der Waals surface area contributed by atoms with E-state index >= 15 is 0 Å². The maximum absolute atomic E-state index is 3.77. The molecular formula is C11H15BrS. The molecule has 2 atom stereocenters. The molecule has 0 radical (unpaired) electrons. The smallest absolute Gasteiger partial charge is 0.0151 e. The zero-order chi connectivity index (χ0) is 9.10. The monoisotopic (exact) mass is 258 g/mol. The lowest BCUT2D eigenvalue weighted by Crippen LogP contribution is -2.02. The Morgan fingerprint density at radius 3 is 2.92 bits per heavy atom. The van der Waals surface area contributed by atoms with E-state index in [-0.39, 0.29) is 0 Å². The van der Waals surface area contributed by atoms with Crippen molar-refractivity contribution in [2.45, 2.75) is 42.8 Å². The third-order valence-electron chi connectivity index (χ3n) is 2.87. The van der Waals surface area contributed by atoms with Gasteiger partial charge in [0, 0.05) is 4.83 Å². The van der Waals surface area contributed by atoms with Gasteiger partial charge in [0.2, 0.25) is 0 Å². The Morgan fingerprint density at radius 2 is 2.15 bits per heavy atom. The predicted molar refractivity (Wildman–Crippen MR) is 62.9 cm³/mol. The fourth-order valence-electron chi connectivity index (χ4n) is 2.11. The maximum Gasteiger partial charge on any atom is 0.0151 e. The summed E-state index contributed by atoms with van der Waals surface area (Å²) < 4.78 is 0. The van der Waals surface area contributed by atoms with Crippen molar-refractivity contribution < 1.29 is 0 Å². The van der Waals surface area contributed by atoms with Crippen LogP contribution in [0.25, 0.3) is 0 Å². The van der Waals surface area contributed by atoms with Crippen molar-refractivity contribution >= 4 is 27.3 Å². The van der Waals surface area contributed by atoms with Crippen LogP contribution in [0.15, 0.2) is 16.8 Å². The van der Waals surface area contributed by atoms with Crippen LogP contribution in [0.4, 0.5) is 0 Å². The van der Waals surface area contributed by atoms with Gasteiger partial charge in [0.05, 0.1) is 0 Å². The van der Waals surface area contributed by atoms with Gasteiger partial charge in [-0.3, -0.25) is 0 Å². The fraction of sp³-hybridized carbons (Fsp3) is 0.636. The third kappa shape index (κ3) is 2.57. The predicted octanol–water partition coefficient (Wildman–Crippen LogP) is 4.56. The molecule has 0 aliphatic heterocycles. The summed E-state index contributed by atoms with van der Waals surface area (Å²) in [6, 6.07) is 2.29. The second kappa shape index (κ2) is 4.61. The van der Waals surface area contributed by atoms with Gasteiger partial charge >= 0.3 is 0 Å². The number of hydrogen-bond donors (Lipinski definition) is 0. The van der Waals surface area contributed by atoms with Gasteiger partial charge in [-0.05, 0) is 47.6 Å². The Morgan fingerprint density at radius 1 is 1.31 bits per heavy atom. The third-order valence-corrected chi connectivity index (χ3v) is 4.41. The van der Waals surface area contributed by atoms with Crippen molar-refractivity contribution in [3.05, 3.63) is 22.4 Å². The van der Waals surface area contributed by atoms with Crippen molar-refractivity contribution in [1.29, 1.82) is 0 Å².